The molecule has 0 aliphatic rings. The van der Waals surface area contributed by atoms with Crippen LogP contribution < -0.4 is 11.1 Å². The molecule has 1 unspecified atom stereocenters. The molecule has 0 aromatic heterocycles. The number of rotatable bonds is 7. The third-order valence-corrected chi connectivity index (χ3v) is 3.88. The Kier molecular flexibility index (Phi) is 6.99. The van der Waals surface area contributed by atoms with Gasteiger partial charge >= 0.3 is 0 Å². The summed E-state index contributed by atoms with van der Waals surface area (Å²) in [7, 11) is 2.06. The van der Waals surface area contributed by atoms with Crippen LogP contribution in [-0.2, 0) is 4.79 Å². The molecule has 0 bridgehead atoms. The molecule has 0 saturated carbocycles. The lowest BCUT2D eigenvalue weighted by molar-refractivity contribution is -0.116. The molecule has 0 aliphatic heterocycles. The SMILES string of the molecule is CC(C)CC(C)N(C)CCC(=O)Nc1ccc(Cl)c(N)c1. The van der Waals surface area contributed by atoms with Crippen molar-refractivity contribution in [2.45, 2.75) is 39.7 Å². The zero-order chi connectivity index (χ0) is 16.0. The molecule has 5 heteroatoms. The second kappa shape index (κ2) is 8.25. The second-order valence-corrected chi connectivity index (χ2v) is 6.40. The first-order chi connectivity index (χ1) is 9.79. The van der Waals surface area contributed by atoms with Crippen LogP contribution in [-0.4, -0.2) is 30.4 Å². The number of carbonyl (C=O) groups excluding carboxylic acids is 1. The van der Waals surface area contributed by atoms with Gasteiger partial charge in [-0.2, -0.15) is 0 Å². The lowest BCUT2D eigenvalue weighted by Crippen LogP contribution is -2.33. The predicted molar refractivity (Wildman–Crippen MR) is 90.7 cm³/mol. The molecule has 1 rings (SSSR count). The maximum atomic E-state index is 11.9. The Balaban J connectivity index is 2.41. The standard InChI is InChI=1S/C16H26ClN3O/c1-11(2)9-12(3)20(4)8-7-16(21)19-13-5-6-14(17)15(18)10-13/h5-6,10-12H,7-9,18H2,1-4H3,(H,19,21). The van der Waals surface area contributed by atoms with E-state index in [1.54, 1.807) is 18.2 Å². The van der Waals surface area contributed by atoms with Crippen LogP contribution in [0.2, 0.25) is 5.02 Å². The summed E-state index contributed by atoms with van der Waals surface area (Å²) in [6.07, 6.45) is 1.59. The van der Waals surface area contributed by atoms with Crippen molar-refractivity contribution in [3.63, 3.8) is 0 Å². The van der Waals surface area contributed by atoms with Crippen LogP contribution in [0.4, 0.5) is 11.4 Å². The van der Waals surface area contributed by atoms with E-state index in [0.717, 1.165) is 13.0 Å². The second-order valence-electron chi connectivity index (χ2n) is 5.99. The van der Waals surface area contributed by atoms with E-state index in [2.05, 4.69) is 38.0 Å². The van der Waals surface area contributed by atoms with E-state index in [1.807, 2.05) is 0 Å². The van der Waals surface area contributed by atoms with Crippen molar-refractivity contribution >= 4 is 28.9 Å². The van der Waals surface area contributed by atoms with Crippen molar-refractivity contribution in [2.24, 2.45) is 5.92 Å². The third-order valence-electron chi connectivity index (χ3n) is 3.54. The van der Waals surface area contributed by atoms with Crippen LogP contribution in [0, 0.1) is 5.92 Å². The predicted octanol–water partition coefficient (Wildman–Crippen LogP) is 3.62. The lowest BCUT2D eigenvalue weighted by Gasteiger charge is -2.25. The number of anilines is 2. The third kappa shape index (κ3) is 6.36. The number of nitrogen functional groups attached to an aromatic ring is 1. The van der Waals surface area contributed by atoms with Gasteiger partial charge in [0.05, 0.1) is 10.7 Å². The fourth-order valence-corrected chi connectivity index (χ4v) is 2.32. The van der Waals surface area contributed by atoms with Crippen LogP contribution in [0.5, 0.6) is 0 Å². The summed E-state index contributed by atoms with van der Waals surface area (Å²) in [5, 5.41) is 3.34. The van der Waals surface area contributed by atoms with Crippen molar-refractivity contribution in [3.05, 3.63) is 23.2 Å². The molecule has 0 aliphatic carbocycles. The summed E-state index contributed by atoms with van der Waals surface area (Å²) in [6, 6.07) is 5.58. The smallest absolute Gasteiger partial charge is 0.225 e. The van der Waals surface area contributed by atoms with E-state index in [-0.39, 0.29) is 5.91 Å². The number of hydrogen-bond donors (Lipinski definition) is 2. The summed E-state index contributed by atoms with van der Waals surface area (Å²) < 4.78 is 0. The summed E-state index contributed by atoms with van der Waals surface area (Å²) in [5.41, 5.74) is 6.86. The minimum absolute atomic E-state index is 0.0136. The molecular formula is C16H26ClN3O. The molecule has 0 radical (unpaired) electrons. The number of halogens is 1. The summed E-state index contributed by atoms with van der Waals surface area (Å²) in [6.45, 7) is 7.35. The van der Waals surface area contributed by atoms with Crippen molar-refractivity contribution in [3.8, 4) is 0 Å². The normalized spacial score (nSPS) is 12.7. The largest absolute Gasteiger partial charge is 0.397 e. The molecule has 1 aromatic rings. The molecule has 4 nitrogen and oxygen atoms in total. The Morgan fingerprint density at radius 3 is 2.62 bits per heavy atom. The first-order valence-corrected chi connectivity index (χ1v) is 7.72. The quantitative estimate of drug-likeness (QED) is 0.756. The number of nitrogens with two attached hydrogens (primary N) is 1. The molecule has 1 aromatic carbocycles. The topological polar surface area (TPSA) is 58.4 Å². The fraction of sp³-hybridized carbons (Fsp3) is 0.562. The van der Waals surface area contributed by atoms with Gasteiger partial charge in [0.25, 0.3) is 0 Å². The molecule has 1 atom stereocenters. The van der Waals surface area contributed by atoms with Gasteiger partial charge in [-0.1, -0.05) is 25.4 Å². The molecular weight excluding hydrogens is 286 g/mol. The Labute approximate surface area is 132 Å². The Bertz CT molecular complexity index is 477. The Hall–Kier alpha value is -1.26. The number of benzene rings is 1. The fourth-order valence-electron chi connectivity index (χ4n) is 2.21. The van der Waals surface area contributed by atoms with E-state index in [0.29, 0.717) is 34.8 Å². The van der Waals surface area contributed by atoms with Crippen LogP contribution in [0.3, 0.4) is 0 Å². The molecule has 1 amide bonds. The number of hydrogen-bond acceptors (Lipinski definition) is 3. The average Bonchev–Trinajstić information content (AvgIpc) is 2.39. The van der Waals surface area contributed by atoms with Gasteiger partial charge < -0.3 is 16.0 Å². The number of nitrogens with zero attached hydrogens (tertiary/aromatic N) is 1. The first kappa shape index (κ1) is 17.8. The zero-order valence-electron chi connectivity index (χ0n) is 13.3. The maximum absolute atomic E-state index is 11.9. The van der Waals surface area contributed by atoms with Gasteiger partial charge in [-0.15, -0.1) is 0 Å². The highest BCUT2D eigenvalue weighted by molar-refractivity contribution is 6.33. The van der Waals surface area contributed by atoms with E-state index in [4.69, 9.17) is 17.3 Å². The lowest BCUT2D eigenvalue weighted by atomic mass is 10.0. The highest BCUT2D eigenvalue weighted by Crippen LogP contribution is 2.22. The van der Waals surface area contributed by atoms with Crippen LogP contribution >= 0.6 is 11.6 Å². The van der Waals surface area contributed by atoms with E-state index >= 15 is 0 Å². The minimum Gasteiger partial charge on any atom is -0.397 e. The molecule has 0 fully saturated rings. The molecule has 21 heavy (non-hydrogen) atoms. The number of carbonyl (C=O) groups is 1. The molecule has 118 valence electrons. The van der Waals surface area contributed by atoms with E-state index in [9.17, 15) is 4.79 Å². The average molecular weight is 312 g/mol. The van der Waals surface area contributed by atoms with Crippen molar-refractivity contribution in [1.82, 2.24) is 4.90 Å². The first-order valence-electron chi connectivity index (χ1n) is 7.34. The van der Waals surface area contributed by atoms with E-state index < -0.39 is 0 Å². The van der Waals surface area contributed by atoms with Crippen LogP contribution in [0.1, 0.15) is 33.6 Å². The maximum Gasteiger partial charge on any atom is 0.225 e. The zero-order valence-corrected chi connectivity index (χ0v) is 14.1. The molecule has 3 N–H and O–H groups in total. The van der Waals surface area contributed by atoms with Gasteiger partial charge in [0.15, 0.2) is 0 Å². The van der Waals surface area contributed by atoms with Crippen molar-refractivity contribution in [1.29, 1.82) is 0 Å². The monoisotopic (exact) mass is 311 g/mol. The van der Waals surface area contributed by atoms with Crippen molar-refractivity contribution in [2.75, 3.05) is 24.6 Å². The number of amides is 1. The molecule has 0 saturated heterocycles. The van der Waals surface area contributed by atoms with Gasteiger partial charge in [-0.3, -0.25) is 4.79 Å². The minimum atomic E-state index is -0.0136. The summed E-state index contributed by atoms with van der Waals surface area (Å²) in [4.78, 5) is 14.2. The highest BCUT2D eigenvalue weighted by atomic mass is 35.5. The van der Waals surface area contributed by atoms with Gasteiger partial charge in [0.1, 0.15) is 0 Å². The van der Waals surface area contributed by atoms with Crippen LogP contribution in [0.15, 0.2) is 18.2 Å². The van der Waals surface area contributed by atoms with Gasteiger partial charge in [0, 0.05) is 24.7 Å². The van der Waals surface area contributed by atoms with Gasteiger partial charge in [-0.25, -0.2) is 0 Å². The van der Waals surface area contributed by atoms with Gasteiger partial charge in [-0.05, 0) is 44.5 Å². The van der Waals surface area contributed by atoms with Crippen molar-refractivity contribution < 1.29 is 4.79 Å². The summed E-state index contributed by atoms with van der Waals surface area (Å²) >= 11 is 5.85. The van der Waals surface area contributed by atoms with Gasteiger partial charge in [0.2, 0.25) is 5.91 Å². The highest BCUT2D eigenvalue weighted by Gasteiger charge is 2.12. The summed E-state index contributed by atoms with van der Waals surface area (Å²) in [5.74, 6) is 0.647. The Morgan fingerprint density at radius 1 is 1.38 bits per heavy atom. The number of nitrogens with one attached hydrogen (secondary N) is 1. The Morgan fingerprint density at radius 2 is 2.05 bits per heavy atom. The van der Waals surface area contributed by atoms with E-state index in [1.165, 1.54) is 0 Å². The molecule has 0 spiro atoms. The molecule has 0 heterocycles. The van der Waals surface area contributed by atoms with Crippen LogP contribution in [0.25, 0.3) is 0 Å².